The van der Waals surface area contributed by atoms with Gasteiger partial charge in [0.05, 0.1) is 25.4 Å². The van der Waals surface area contributed by atoms with E-state index in [1.807, 2.05) is 0 Å². The molecule has 1 amide bonds. The number of carbonyl (C=O) groups is 1. The molecule has 0 aromatic carbocycles. The Balaban J connectivity index is 2.27. The Morgan fingerprint density at radius 3 is 1.25 bits per heavy atom. The van der Waals surface area contributed by atoms with E-state index in [0.717, 1.165) is 44.9 Å². The number of amides is 1. The van der Waals surface area contributed by atoms with Crippen LogP contribution in [0.1, 0.15) is 271 Å². The third-order valence-electron chi connectivity index (χ3n) is 14.4. The Bertz CT molecular complexity index is 1250. The predicted octanol–water partition coefficient (Wildman–Crippen LogP) is 12.7. The first-order chi connectivity index (χ1) is 34.7. The summed E-state index contributed by atoms with van der Waals surface area (Å²) in [4.78, 5) is 13.1. The van der Waals surface area contributed by atoms with Crippen molar-refractivity contribution in [2.45, 2.75) is 326 Å². The lowest BCUT2D eigenvalue weighted by Crippen LogP contribution is -2.60. The number of allylic oxidation sites excluding steroid dienone is 6. The van der Waals surface area contributed by atoms with Gasteiger partial charge in [0.2, 0.25) is 5.91 Å². The van der Waals surface area contributed by atoms with Crippen molar-refractivity contribution in [2.24, 2.45) is 0 Å². The first-order valence-electron chi connectivity index (χ1n) is 29.9. The van der Waals surface area contributed by atoms with E-state index in [2.05, 4.69) is 55.6 Å². The quantitative estimate of drug-likeness (QED) is 0.0215. The van der Waals surface area contributed by atoms with Crippen LogP contribution in [0, 0.1) is 0 Å². The van der Waals surface area contributed by atoms with Gasteiger partial charge in [-0.2, -0.15) is 0 Å². The third-order valence-corrected chi connectivity index (χ3v) is 14.4. The van der Waals surface area contributed by atoms with Crippen molar-refractivity contribution in [3.8, 4) is 0 Å². The summed E-state index contributed by atoms with van der Waals surface area (Å²) in [5.41, 5.74) is 0. The largest absolute Gasteiger partial charge is 0.394 e. The molecule has 0 aromatic rings. The van der Waals surface area contributed by atoms with Gasteiger partial charge in [-0.1, -0.05) is 243 Å². The minimum atomic E-state index is -1.67. The number of carbonyl (C=O) groups excluding carboxylic acids is 1. The molecule has 0 aliphatic carbocycles. The summed E-state index contributed by atoms with van der Waals surface area (Å²) in [6.45, 7) is 3.44. The molecule has 1 fully saturated rings. The van der Waals surface area contributed by atoms with Gasteiger partial charge in [0, 0.05) is 0 Å². The maximum Gasteiger partial charge on any atom is 0.249 e. The van der Waals surface area contributed by atoms with E-state index in [1.165, 1.54) is 180 Å². The lowest BCUT2D eigenvalue weighted by atomic mass is 9.98. The zero-order valence-corrected chi connectivity index (χ0v) is 45.7. The van der Waals surface area contributed by atoms with Crippen LogP contribution in [0.3, 0.4) is 0 Å². The van der Waals surface area contributed by atoms with E-state index >= 15 is 0 Å². The molecule has 1 saturated heterocycles. The van der Waals surface area contributed by atoms with E-state index in [1.54, 1.807) is 0 Å². The van der Waals surface area contributed by atoms with Crippen LogP contribution in [0.2, 0.25) is 0 Å². The van der Waals surface area contributed by atoms with Crippen LogP contribution in [0.5, 0.6) is 0 Å². The van der Waals surface area contributed by atoms with Gasteiger partial charge in [-0.25, -0.2) is 0 Å². The number of hydrogen-bond acceptors (Lipinski definition) is 10. The van der Waals surface area contributed by atoms with Crippen LogP contribution >= 0.6 is 0 Å². The number of aliphatic hydroxyl groups is 7. The van der Waals surface area contributed by atoms with Crippen molar-refractivity contribution in [3.05, 3.63) is 36.5 Å². The van der Waals surface area contributed by atoms with Crippen LogP contribution in [0.4, 0.5) is 0 Å². The zero-order valence-electron chi connectivity index (χ0n) is 45.7. The topological polar surface area (TPSA) is 189 Å². The van der Waals surface area contributed by atoms with Gasteiger partial charge in [0.15, 0.2) is 6.29 Å². The summed E-state index contributed by atoms with van der Waals surface area (Å²) >= 11 is 0. The average molecular weight is 1010 g/mol. The van der Waals surface area contributed by atoms with E-state index < -0.39 is 74.2 Å². The summed E-state index contributed by atoms with van der Waals surface area (Å²) in [6.07, 6.45) is 49.4. The van der Waals surface area contributed by atoms with Crippen LogP contribution in [-0.2, 0) is 14.3 Å². The molecular weight excluding hydrogens is 895 g/mol. The van der Waals surface area contributed by atoms with E-state index in [9.17, 15) is 40.5 Å². The summed E-state index contributed by atoms with van der Waals surface area (Å²) < 4.78 is 11.1. The SMILES string of the molecule is CCCCCCCCCCCCCCCCCCCC/C=C/CC/C=C/CC/C=C/CCCC(O)C(O)C(COC1OC(CO)C(O)C(O)C1O)NC(=O)C(O)CCCCCCCCCCCCCCC. The standard InChI is InChI=1S/C60H113NO10/c1-3-5-7-9-11-13-15-17-18-19-20-21-22-23-24-25-26-27-28-29-30-31-32-33-34-36-37-39-41-43-45-47-52(63)55(65)51(50-70-60-58(68)57(67)56(66)54(49-62)71-60)61-59(69)53(64)48-46-44-42-40-38-35-16-14-12-10-8-6-4-2/h29-30,33-34,39,41,51-58,60,62-68H,3-28,31-32,35-38,40,42-50H2,1-2H3,(H,61,69)/b30-29+,34-33+,41-39+. The normalized spacial score (nSPS) is 20.4. The second-order valence-corrected chi connectivity index (χ2v) is 21.0. The summed E-state index contributed by atoms with van der Waals surface area (Å²) in [7, 11) is 0. The van der Waals surface area contributed by atoms with Gasteiger partial charge in [-0.05, 0) is 64.2 Å². The van der Waals surface area contributed by atoms with Gasteiger partial charge >= 0.3 is 0 Å². The number of hydrogen-bond donors (Lipinski definition) is 8. The fourth-order valence-electron chi connectivity index (χ4n) is 9.53. The highest BCUT2D eigenvalue weighted by atomic mass is 16.7. The molecule has 0 radical (unpaired) electrons. The molecule has 1 heterocycles. The van der Waals surface area contributed by atoms with E-state index in [4.69, 9.17) is 9.47 Å². The second-order valence-electron chi connectivity index (χ2n) is 21.0. The molecule has 1 aliphatic heterocycles. The zero-order chi connectivity index (χ0) is 51.8. The molecule has 9 atom stereocenters. The van der Waals surface area contributed by atoms with Crippen molar-refractivity contribution in [1.29, 1.82) is 0 Å². The molecule has 1 aliphatic rings. The highest BCUT2D eigenvalue weighted by molar-refractivity contribution is 5.80. The molecule has 0 saturated carbocycles. The van der Waals surface area contributed by atoms with Gasteiger partial charge in [-0.15, -0.1) is 0 Å². The minimum absolute atomic E-state index is 0.242. The van der Waals surface area contributed by atoms with Gasteiger partial charge in [-0.3, -0.25) is 4.79 Å². The maximum absolute atomic E-state index is 13.1. The Kier molecular flexibility index (Phi) is 46.7. The molecule has 418 valence electrons. The number of aliphatic hydroxyl groups excluding tert-OH is 7. The van der Waals surface area contributed by atoms with Crippen molar-refractivity contribution >= 4 is 5.91 Å². The van der Waals surface area contributed by atoms with Crippen molar-refractivity contribution in [3.63, 3.8) is 0 Å². The summed E-state index contributed by atoms with van der Waals surface area (Å²) in [6, 6.07) is -1.19. The lowest BCUT2D eigenvalue weighted by molar-refractivity contribution is -0.303. The molecule has 8 N–H and O–H groups in total. The van der Waals surface area contributed by atoms with E-state index in [0.29, 0.717) is 19.3 Å². The first kappa shape index (κ1) is 67.3. The lowest BCUT2D eigenvalue weighted by Gasteiger charge is -2.40. The number of nitrogens with one attached hydrogen (secondary N) is 1. The van der Waals surface area contributed by atoms with Gasteiger partial charge < -0.3 is 50.5 Å². The maximum atomic E-state index is 13.1. The van der Waals surface area contributed by atoms with E-state index in [-0.39, 0.29) is 12.8 Å². The third kappa shape index (κ3) is 37.7. The van der Waals surface area contributed by atoms with Crippen LogP contribution in [0.25, 0.3) is 0 Å². The highest BCUT2D eigenvalue weighted by Gasteiger charge is 2.44. The monoisotopic (exact) mass is 1010 g/mol. The molecule has 0 bridgehead atoms. The van der Waals surface area contributed by atoms with Crippen LogP contribution < -0.4 is 5.32 Å². The Morgan fingerprint density at radius 2 is 0.845 bits per heavy atom. The molecule has 0 aromatic heterocycles. The van der Waals surface area contributed by atoms with Crippen molar-refractivity contribution in [2.75, 3.05) is 13.2 Å². The van der Waals surface area contributed by atoms with Crippen molar-refractivity contribution in [1.82, 2.24) is 5.32 Å². The van der Waals surface area contributed by atoms with Gasteiger partial charge in [0.25, 0.3) is 0 Å². The molecule has 11 heteroatoms. The summed E-state index contributed by atoms with van der Waals surface area (Å²) in [5, 5.41) is 76.0. The molecule has 9 unspecified atom stereocenters. The molecule has 1 rings (SSSR count). The fraction of sp³-hybridized carbons (Fsp3) is 0.883. The minimum Gasteiger partial charge on any atom is -0.394 e. The predicted molar refractivity (Wildman–Crippen MR) is 293 cm³/mol. The Labute approximate surface area is 435 Å². The molecule has 0 spiro atoms. The highest BCUT2D eigenvalue weighted by Crippen LogP contribution is 2.23. The molecular formula is C60H113NO10. The number of ether oxygens (including phenoxy) is 2. The Morgan fingerprint density at radius 1 is 0.479 bits per heavy atom. The fourth-order valence-corrected chi connectivity index (χ4v) is 9.53. The summed E-state index contributed by atoms with van der Waals surface area (Å²) in [5.74, 6) is -0.711. The second kappa shape index (κ2) is 49.2. The number of rotatable bonds is 51. The number of unbranched alkanes of at least 4 members (excludes halogenated alkanes) is 33. The molecule has 11 nitrogen and oxygen atoms in total. The average Bonchev–Trinajstić information content (AvgIpc) is 3.37. The van der Waals surface area contributed by atoms with Gasteiger partial charge in [0.1, 0.15) is 36.6 Å². The Hall–Kier alpha value is -1.67. The van der Waals surface area contributed by atoms with Crippen LogP contribution in [0.15, 0.2) is 36.5 Å². The smallest absolute Gasteiger partial charge is 0.249 e. The first-order valence-corrected chi connectivity index (χ1v) is 29.9. The van der Waals surface area contributed by atoms with Crippen LogP contribution in [-0.4, -0.2) is 110 Å². The molecule has 71 heavy (non-hydrogen) atoms. The van der Waals surface area contributed by atoms with Crippen molar-refractivity contribution < 1.29 is 50.0 Å².